The van der Waals surface area contributed by atoms with Gasteiger partial charge in [-0.05, 0) is 78.5 Å². The van der Waals surface area contributed by atoms with E-state index in [1.165, 1.54) is 23.9 Å². The van der Waals surface area contributed by atoms with Crippen molar-refractivity contribution >= 4 is 29.2 Å². The largest absolute Gasteiger partial charge is 0.389 e. The molecule has 1 atom stereocenters. The molecule has 8 nitrogen and oxygen atoms in total. The Labute approximate surface area is 218 Å². The predicted molar refractivity (Wildman–Crippen MR) is 137 cm³/mol. The quantitative estimate of drug-likeness (QED) is 0.531. The van der Waals surface area contributed by atoms with Crippen LogP contribution in [0.3, 0.4) is 0 Å². The summed E-state index contributed by atoms with van der Waals surface area (Å²) in [5.41, 5.74) is 2.68. The van der Waals surface area contributed by atoms with Crippen LogP contribution in [0, 0.1) is 12.7 Å². The number of aryl methyl sites for hydroxylation is 1. The van der Waals surface area contributed by atoms with Gasteiger partial charge in [-0.3, -0.25) is 4.79 Å². The van der Waals surface area contributed by atoms with E-state index in [2.05, 4.69) is 14.7 Å². The van der Waals surface area contributed by atoms with E-state index in [4.69, 9.17) is 0 Å². The number of aliphatic hydroxyl groups excluding tert-OH is 1. The van der Waals surface area contributed by atoms with E-state index in [0.717, 1.165) is 29.0 Å². The molecular weight excluding hydrogens is 493 g/mol. The minimum atomic E-state index is -0.657. The van der Waals surface area contributed by atoms with Gasteiger partial charge < -0.3 is 20.2 Å². The molecular formula is C27H28FN5O3S. The van der Waals surface area contributed by atoms with Gasteiger partial charge in [0.1, 0.15) is 17.2 Å². The number of urea groups is 1. The Morgan fingerprint density at radius 2 is 1.97 bits per heavy atom. The molecule has 0 bridgehead atoms. The fourth-order valence-electron chi connectivity index (χ4n) is 5.30. The number of aliphatic hydroxyl groups is 1. The number of β-amino-alcohol motifs (C(OH)–C–C–N with tert-alkyl or cyclic N) is 1. The van der Waals surface area contributed by atoms with Gasteiger partial charge in [-0.25, -0.2) is 14.2 Å². The van der Waals surface area contributed by atoms with Gasteiger partial charge in [0.05, 0.1) is 22.8 Å². The number of nitrogens with zero attached hydrogens (tertiary/aromatic N) is 4. The standard InChI is InChI=1S/C27H28FN5O3S/c1-16-2-6-19(11-22(16)28)27(25-29-15-30-37-25)8-9-32(14-27)26(36)31-23-10-18(17-3-4-17)5-7-21(23)24(35)33-12-20(34)13-33/h2,5-7,10-11,15,17,20,34H,3-4,8-9,12-14H2,1H3,(H,31,36)/t27-/m1/s1. The molecule has 1 aliphatic carbocycles. The van der Waals surface area contributed by atoms with E-state index in [-0.39, 0.29) is 17.8 Å². The van der Waals surface area contributed by atoms with Crippen molar-refractivity contribution in [3.8, 4) is 0 Å². The molecule has 2 N–H and O–H groups in total. The first kappa shape index (κ1) is 24.0. The van der Waals surface area contributed by atoms with Crippen LogP contribution in [-0.2, 0) is 5.41 Å². The Hall–Kier alpha value is -3.37. The summed E-state index contributed by atoms with van der Waals surface area (Å²) < 4.78 is 18.7. The second kappa shape index (κ2) is 9.18. The van der Waals surface area contributed by atoms with Gasteiger partial charge in [-0.15, -0.1) is 0 Å². The van der Waals surface area contributed by atoms with Crippen molar-refractivity contribution in [3.63, 3.8) is 0 Å². The molecule has 10 heteroatoms. The van der Waals surface area contributed by atoms with Crippen molar-refractivity contribution in [1.82, 2.24) is 19.2 Å². The van der Waals surface area contributed by atoms with E-state index in [1.807, 2.05) is 18.2 Å². The number of carbonyl (C=O) groups excluding carboxylic acids is 2. The second-order valence-corrected chi connectivity index (χ2v) is 11.1. The Balaban J connectivity index is 1.27. The highest BCUT2D eigenvalue weighted by molar-refractivity contribution is 7.05. The van der Waals surface area contributed by atoms with E-state index >= 15 is 0 Å². The number of amides is 3. The molecule has 3 aromatic rings. The van der Waals surface area contributed by atoms with Gasteiger partial charge >= 0.3 is 6.03 Å². The highest BCUT2D eigenvalue weighted by atomic mass is 32.1. The number of carbonyl (C=O) groups is 2. The summed E-state index contributed by atoms with van der Waals surface area (Å²) in [5.74, 6) is -0.0398. The molecule has 3 fully saturated rings. The minimum Gasteiger partial charge on any atom is -0.389 e. The summed E-state index contributed by atoms with van der Waals surface area (Å²) in [7, 11) is 0. The summed E-state index contributed by atoms with van der Waals surface area (Å²) in [6.45, 7) is 3.08. The highest BCUT2D eigenvalue weighted by Crippen LogP contribution is 2.43. The van der Waals surface area contributed by atoms with Gasteiger partial charge in [-0.1, -0.05) is 18.2 Å². The SMILES string of the molecule is Cc1ccc([C@@]2(c3ncns3)CCN(C(=O)Nc3cc(C4CC4)ccc3C(=O)N3CC(O)C3)C2)cc1F. The number of likely N-dealkylation sites (tertiary alicyclic amines) is 2. The van der Waals surface area contributed by atoms with Gasteiger partial charge in [0.25, 0.3) is 5.91 Å². The average Bonchev–Trinajstić information content (AvgIpc) is 3.37. The number of benzene rings is 2. The third-order valence-corrected chi connectivity index (χ3v) is 8.63. The van der Waals surface area contributed by atoms with Gasteiger partial charge in [-0.2, -0.15) is 4.37 Å². The van der Waals surface area contributed by atoms with Crippen LogP contribution in [0.15, 0.2) is 42.7 Å². The molecule has 3 aliphatic rings. The van der Waals surface area contributed by atoms with Crippen LogP contribution in [0.25, 0.3) is 0 Å². The van der Waals surface area contributed by atoms with Crippen molar-refractivity contribution in [2.75, 3.05) is 31.5 Å². The van der Waals surface area contributed by atoms with Crippen LogP contribution in [0.2, 0.25) is 0 Å². The maximum absolute atomic E-state index is 14.6. The molecule has 1 saturated carbocycles. The van der Waals surface area contributed by atoms with Gasteiger partial charge in [0.2, 0.25) is 0 Å². The van der Waals surface area contributed by atoms with Crippen LogP contribution in [0.1, 0.15) is 57.2 Å². The molecule has 192 valence electrons. The van der Waals surface area contributed by atoms with E-state index in [1.54, 1.807) is 28.9 Å². The monoisotopic (exact) mass is 521 g/mol. The first-order chi connectivity index (χ1) is 17.8. The maximum Gasteiger partial charge on any atom is 0.321 e. The predicted octanol–water partition coefficient (Wildman–Crippen LogP) is 3.90. The zero-order valence-electron chi connectivity index (χ0n) is 20.5. The maximum atomic E-state index is 14.6. The summed E-state index contributed by atoms with van der Waals surface area (Å²) in [5, 5.41) is 13.4. The molecule has 6 rings (SSSR count). The Morgan fingerprint density at radius 3 is 2.65 bits per heavy atom. The smallest absolute Gasteiger partial charge is 0.321 e. The van der Waals surface area contributed by atoms with Crippen LogP contribution in [-0.4, -0.2) is 68.5 Å². The lowest BCUT2D eigenvalue weighted by Crippen LogP contribution is -2.53. The lowest BCUT2D eigenvalue weighted by molar-refractivity contribution is 0.00596. The summed E-state index contributed by atoms with van der Waals surface area (Å²) >= 11 is 1.26. The number of aromatic nitrogens is 2. The third kappa shape index (κ3) is 4.38. The molecule has 2 aliphatic heterocycles. The minimum absolute atomic E-state index is 0.206. The fraction of sp³-hybridized carbons (Fsp3) is 0.407. The molecule has 3 heterocycles. The van der Waals surface area contributed by atoms with E-state index < -0.39 is 11.5 Å². The lowest BCUT2D eigenvalue weighted by Gasteiger charge is -2.36. The van der Waals surface area contributed by atoms with E-state index in [0.29, 0.717) is 55.3 Å². The lowest BCUT2D eigenvalue weighted by atomic mass is 9.80. The van der Waals surface area contributed by atoms with Gasteiger partial charge in [0, 0.05) is 26.2 Å². The van der Waals surface area contributed by atoms with Crippen molar-refractivity contribution in [3.05, 3.63) is 75.8 Å². The van der Waals surface area contributed by atoms with Crippen LogP contribution in [0.5, 0.6) is 0 Å². The molecule has 0 unspecified atom stereocenters. The van der Waals surface area contributed by atoms with Crippen molar-refractivity contribution < 1.29 is 19.1 Å². The molecule has 0 spiro atoms. The topological polar surface area (TPSA) is 98.7 Å². The number of hydrogen-bond acceptors (Lipinski definition) is 6. The number of halogens is 1. The molecule has 3 amide bonds. The first-order valence-electron chi connectivity index (χ1n) is 12.5. The zero-order chi connectivity index (χ0) is 25.7. The fourth-order valence-corrected chi connectivity index (χ4v) is 6.05. The summed E-state index contributed by atoms with van der Waals surface area (Å²) in [6.07, 6.45) is 3.77. The molecule has 2 saturated heterocycles. The van der Waals surface area contributed by atoms with Crippen LogP contribution in [0.4, 0.5) is 14.9 Å². The average molecular weight is 522 g/mol. The Morgan fingerprint density at radius 1 is 1.16 bits per heavy atom. The summed E-state index contributed by atoms with van der Waals surface area (Å²) in [6, 6.07) is 10.5. The first-order valence-corrected chi connectivity index (χ1v) is 13.3. The number of nitrogens with one attached hydrogen (secondary N) is 1. The molecule has 1 aromatic heterocycles. The third-order valence-electron chi connectivity index (χ3n) is 7.77. The highest BCUT2D eigenvalue weighted by Gasteiger charge is 2.45. The van der Waals surface area contributed by atoms with Crippen LogP contribution >= 0.6 is 11.5 Å². The van der Waals surface area contributed by atoms with E-state index in [9.17, 15) is 19.1 Å². The number of anilines is 1. The molecule has 37 heavy (non-hydrogen) atoms. The van der Waals surface area contributed by atoms with Gasteiger partial charge in [0.15, 0.2) is 0 Å². The zero-order valence-corrected chi connectivity index (χ0v) is 21.3. The van der Waals surface area contributed by atoms with Crippen molar-refractivity contribution in [1.29, 1.82) is 0 Å². The molecule has 0 radical (unpaired) electrons. The summed E-state index contributed by atoms with van der Waals surface area (Å²) in [4.78, 5) is 34.4. The number of hydrogen-bond donors (Lipinski definition) is 2. The van der Waals surface area contributed by atoms with Crippen molar-refractivity contribution in [2.24, 2.45) is 0 Å². The molecule has 2 aromatic carbocycles. The van der Waals surface area contributed by atoms with Crippen molar-refractivity contribution in [2.45, 2.75) is 43.6 Å². The Kier molecular flexibility index (Phi) is 5.95. The number of rotatable bonds is 5. The Bertz CT molecular complexity index is 1360. The normalized spacial score (nSPS) is 21.7. The second-order valence-electron chi connectivity index (χ2n) is 10.3. The van der Waals surface area contributed by atoms with Crippen LogP contribution < -0.4 is 5.32 Å².